The van der Waals surface area contributed by atoms with Crippen molar-refractivity contribution < 1.29 is 45.1 Å². The van der Waals surface area contributed by atoms with Crippen molar-refractivity contribution in [1.29, 1.82) is 0 Å². The topological polar surface area (TPSA) is 38.9 Å². The van der Waals surface area contributed by atoms with Gasteiger partial charge in [0.15, 0.2) is 0 Å². The molecular weight excluding hydrogens is 849 g/mol. The van der Waals surface area contributed by atoms with Gasteiger partial charge < -0.3 is 14.4 Å². The van der Waals surface area contributed by atoms with E-state index in [0.717, 1.165) is 12.8 Å². The van der Waals surface area contributed by atoms with Crippen LogP contribution in [-0.4, -0.2) is 9.97 Å². The van der Waals surface area contributed by atoms with E-state index in [4.69, 9.17) is 23.6 Å². The number of rotatable bonds is 5. The minimum atomic E-state index is -2.60. The molecule has 3 aromatic heterocycles. The van der Waals surface area contributed by atoms with E-state index in [1.165, 1.54) is 24.5 Å². The van der Waals surface area contributed by atoms with Crippen LogP contribution in [0.1, 0.15) is 120 Å². The van der Waals surface area contributed by atoms with Gasteiger partial charge in [-0.3, -0.25) is 0 Å². The summed E-state index contributed by atoms with van der Waals surface area (Å²) < 4.78 is 127. The second-order valence-electron chi connectivity index (χ2n) is 15.8. The Bertz CT molecular complexity index is 2990. The minimum absolute atomic E-state index is 0. The van der Waals surface area contributed by atoms with Crippen LogP contribution in [0, 0.1) is 50.4 Å². The van der Waals surface area contributed by atoms with Crippen molar-refractivity contribution in [3.05, 3.63) is 143 Å². The van der Waals surface area contributed by atoms with Crippen molar-refractivity contribution in [3.63, 3.8) is 0 Å². The molecule has 285 valence electrons. The molecule has 1 aliphatic rings. The van der Waals surface area contributed by atoms with Crippen LogP contribution in [0.2, 0.25) is 0 Å². The third-order valence-electron chi connectivity index (χ3n) is 9.89. The summed E-state index contributed by atoms with van der Waals surface area (Å²) in [5.74, 6) is -0.935. The molecule has 55 heavy (non-hydrogen) atoms. The van der Waals surface area contributed by atoms with Crippen LogP contribution in [0.15, 0.2) is 102 Å². The average molecular weight is 918 g/mol. The zero-order valence-corrected chi connectivity index (χ0v) is 34.1. The van der Waals surface area contributed by atoms with Gasteiger partial charge >= 0.3 is 0 Å². The number of benzene rings is 4. The summed E-state index contributed by atoms with van der Waals surface area (Å²) >= 11 is 0. The summed E-state index contributed by atoms with van der Waals surface area (Å²) in [5.41, 5.74) is 4.34. The molecule has 4 heteroatoms. The van der Waals surface area contributed by atoms with Gasteiger partial charge in [-0.2, -0.15) is 0 Å². The van der Waals surface area contributed by atoms with Crippen molar-refractivity contribution in [2.45, 2.75) is 100.0 Å². The van der Waals surface area contributed by atoms with Crippen LogP contribution < -0.4 is 0 Å². The number of furan rings is 1. The van der Waals surface area contributed by atoms with Gasteiger partial charge in [0.2, 0.25) is 0 Å². The molecule has 1 saturated carbocycles. The molecule has 0 spiro atoms. The van der Waals surface area contributed by atoms with E-state index < -0.39 is 45.1 Å². The van der Waals surface area contributed by atoms with Crippen molar-refractivity contribution in [3.8, 4) is 33.6 Å². The maximum atomic E-state index is 9.24. The van der Waals surface area contributed by atoms with E-state index in [1.54, 1.807) is 72.8 Å². The monoisotopic (exact) mass is 918 g/mol. The average Bonchev–Trinajstić information content (AvgIpc) is 3.64. The largest absolute Gasteiger partial charge is 0.501 e. The van der Waals surface area contributed by atoms with Gasteiger partial charge in [-0.05, 0) is 126 Å². The molecule has 7 aromatic rings. The molecule has 0 N–H and O–H groups in total. The molecule has 8 rings (SSSR count). The van der Waals surface area contributed by atoms with Crippen molar-refractivity contribution in [2.24, 2.45) is 10.8 Å². The van der Waals surface area contributed by atoms with E-state index >= 15 is 0 Å². The molecule has 0 unspecified atom stereocenters. The van der Waals surface area contributed by atoms with Gasteiger partial charge in [0.05, 0.1) is 5.58 Å². The first kappa shape index (κ1) is 25.0. The van der Waals surface area contributed by atoms with E-state index in [-0.39, 0.29) is 58.9 Å². The van der Waals surface area contributed by atoms with Gasteiger partial charge in [-0.15, -0.1) is 53.6 Å². The number of aryl methyl sites for hydroxylation is 4. The second-order valence-corrected chi connectivity index (χ2v) is 15.8. The number of pyridine rings is 2. The fourth-order valence-electron chi connectivity index (χ4n) is 6.91. The summed E-state index contributed by atoms with van der Waals surface area (Å²) in [6.07, 6.45) is 4.18. The molecule has 0 amide bonds. The zero-order chi connectivity index (χ0) is 50.9. The SMILES string of the molecule is [2H]C([2H])([2H])c1c[c-]c(-c2ccc(C([2H])([2H])C(C)(C)C)cn2)cc1.[2H]C([2H])([2H])c1ccc2oc3c(-c4cc(-c5ccc(C6([2H])CCC(C)(C)CC6)cc5C([2H])([2H])[2H])c(C([2H])([2H])[2H])cn4)[c-]ccc3c2c1.[Ir]. The molecule has 0 aliphatic heterocycles. The predicted octanol–water partition coefficient (Wildman–Crippen LogP) is 14.2. The normalized spacial score (nSPS) is 20.1. The van der Waals surface area contributed by atoms with Crippen molar-refractivity contribution in [1.82, 2.24) is 9.97 Å². The Kier molecular flexibility index (Phi) is 7.45. The van der Waals surface area contributed by atoms with Crippen molar-refractivity contribution >= 4 is 21.9 Å². The first-order valence-corrected chi connectivity index (χ1v) is 18.2. The summed E-state index contributed by atoms with van der Waals surface area (Å²) in [6.45, 7) is 0.277. The molecule has 3 heterocycles. The van der Waals surface area contributed by atoms with Crippen LogP contribution >= 0.6 is 0 Å². The van der Waals surface area contributed by atoms with Gasteiger partial charge in [-0.25, -0.2) is 0 Å². The zero-order valence-electron chi connectivity index (χ0n) is 46.7. The smallest absolute Gasteiger partial charge is 0.120 e. The first-order valence-electron chi connectivity index (χ1n) is 25.7. The van der Waals surface area contributed by atoms with Gasteiger partial charge in [0.1, 0.15) is 5.58 Å². The third kappa shape index (κ3) is 9.37. The predicted molar refractivity (Wildman–Crippen MR) is 227 cm³/mol. The number of hydrogen-bond donors (Lipinski definition) is 0. The molecule has 3 nitrogen and oxygen atoms in total. The standard InChI is InChI=1S/C34H34NO.C17H20N.Ir/c1-21-9-12-32-30(17-21)27-7-6-8-28(33(27)36-32)31-19-29(23(3)20-35-31)26-11-10-25(18-22(26)2)24-13-15-34(4,5)16-14-24;1-13-5-8-15(9-6-13)16-10-7-14(12-18-16)11-17(2,3)4;/h6-7,9-12,17-20,24H,13-16H2,1-5H3;5-8,10,12H,11H2,1-4H3;/q2*-1;/i1D3,2D3,3D3,24D;1D3,11D2;. The first-order chi connectivity index (χ1) is 31.7. The van der Waals surface area contributed by atoms with Crippen LogP contribution in [0.5, 0.6) is 0 Å². The van der Waals surface area contributed by atoms with E-state index in [1.807, 2.05) is 20.8 Å². The molecule has 4 aromatic carbocycles. The fraction of sp³-hybridized carbons (Fsp3) is 0.333. The summed E-state index contributed by atoms with van der Waals surface area (Å²) in [4.78, 5) is 8.78. The Morgan fingerprint density at radius 2 is 1.58 bits per heavy atom. The fourth-order valence-corrected chi connectivity index (χ4v) is 6.91. The number of hydrogen-bond acceptors (Lipinski definition) is 3. The van der Waals surface area contributed by atoms with E-state index in [2.05, 4.69) is 35.9 Å². The molecule has 1 fully saturated rings. The summed E-state index contributed by atoms with van der Waals surface area (Å²) in [5, 5.41) is 1.25. The van der Waals surface area contributed by atoms with E-state index in [9.17, 15) is 1.37 Å². The Balaban J connectivity index is 0.000000282. The van der Waals surface area contributed by atoms with Crippen LogP contribution in [0.4, 0.5) is 0 Å². The summed E-state index contributed by atoms with van der Waals surface area (Å²) in [7, 11) is 0. The molecule has 0 bridgehead atoms. The van der Waals surface area contributed by atoms with Gasteiger partial charge in [0.25, 0.3) is 0 Å². The van der Waals surface area contributed by atoms with Gasteiger partial charge in [0, 0.05) is 58.4 Å². The Morgan fingerprint density at radius 1 is 0.800 bits per heavy atom. The van der Waals surface area contributed by atoms with Crippen LogP contribution in [0.3, 0.4) is 0 Å². The van der Waals surface area contributed by atoms with Crippen molar-refractivity contribution in [2.75, 3.05) is 0 Å². The quantitative estimate of drug-likeness (QED) is 0.162. The Hall–Kier alpha value is -4.37. The molecular formula is C51H54IrN2O-2. The summed E-state index contributed by atoms with van der Waals surface area (Å²) in [6, 6.07) is 28.8. The second kappa shape index (κ2) is 16.4. The molecule has 0 saturated heterocycles. The third-order valence-corrected chi connectivity index (χ3v) is 9.89. The Labute approximate surface area is 363 Å². The van der Waals surface area contributed by atoms with Crippen LogP contribution in [-0.2, 0) is 26.5 Å². The Morgan fingerprint density at radius 3 is 2.27 bits per heavy atom. The number of aromatic nitrogens is 2. The molecule has 1 radical (unpaired) electrons. The van der Waals surface area contributed by atoms with E-state index in [0.29, 0.717) is 68.4 Å². The minimum Gasteiger partial charge on any atom is -0.501 e. The number of fused-ring (bicyclic) bond motifs is 3. The number of nitrogens with zero attached hydrogens (tertiary/aromatic N) is 2. The maximum absolute atomic E-state index is 9.24. The molecule has 0 atom stereocenters. The van der Waals surface area contributed by atoms with Gasteiger partial charge in [-0.1, -0.05) is 100 Å². The maximum Gasteiger partial charge on any atom is 0.120 e. The molecule has 1 aliphatic carbocycles. The van der Waals surface area contributed by atoms with Crippen LogP contribution in [0.25, 0.3) is 55.6 Å².